The van der Waals surface area contributed by atoms with Crippen LogP contribution in [0.5, 0.6) is 5.75 Å². The summed E-state index contributed by atoms with van der Waals surface area (Å²) in [7, 11) is 4.77. The molecule has 248 valence electrons. The number of ether oxygens (including phenoxy) is 2. The number of rotatable bonds is 14. The van der Waals surface area contributed by atoms with Gasteiger partial charge in [-0.2, -0.15) is 0 Å². The van der Waals surface area contributed by atoms with Crippen LogP contribution in [0.25, 0.3) is 0 Å². The van der Waals surface area contributed by atoms with Crippen LogP contribution in [0.3, 0.4) is 0 Å². The SMILES string of the molecule is COC(=O)c1cc(CNCCCNC(=O)c2cc(C(=O)NCc3ccccc3)cc(N(C)SC)c2)cc(OC)c1.Cc1ccccc1. The van der Waals surface area contributed by atoms with Crippen molar-refractivity contribution in [2.75, 3.05) is 44.9 Å². The molecule has 2 amide bonds. The molecule has 0 heterocycles. The van der Waals surface area contributed by atoms with E-state index in [0.29, 0.717) is 55.0 Å². The summed E-state index contributed by atoms with van der Waals surface area (Å²) in [4.78, 5) is 37.8. The molecule has 4 aromatic carbocycles. The van der Waals surface area contributed by atoms with Crippen LogP contribution in [0, 0.1) is 6.92 Å². The van der Waals surface area contributed by atoms with Crippen molar-refractivity contribution in [1.82, 2.24) is 16.0 Å². The number of benzene rings is 4. The molecule has 9 nitrogen and oxygen atoms in total. The summed E-state index contributed by atoms with van der Waals surface area (Å²) in [6, 6.07) is 30.4. The van der Waals surface area contributed by atoms with Gasteiger partial charge in [0.05, 0.1) is 19.8 Å². The number of esters is 1. The van der Waals surface area contributed by atoms with Gasteiger partial charge in [-0.05, 0) is 67.4 Å². The second-order valence-electron chi connectivity index (χ2n) is 10.6. The van der Waals surface area contributed by atoms with Crippen LogP contribution in [0.15, 0.2) is 97.1 Å². The third kappa shape index (κ3) is 12.5. The van der Waals surface area contributed by atoms with Crippen molar-refractivity contribution in [3.05, 3.63) is 130 Å². The van der Waals surface area contributed by atoms with Gasteiger partial charge in [-0.25, -0.2) is 4.79 Å². The first-order valence-electron chi connectivity index (χ1n) is 15.3. The third-order valence-corrected chi connectivity index (χ3v) is 7.84. The second-order valence-corrected chi connectivity index (χ2v) is 11.5. The zero-order valence-electron chi connectivity index (χ0n) is 27.7. The number of carbonyl (C=O) groups excluding carboxylic acids is 3. The van der Waals surface area contributed by atoms with Crippen LogP contribution in [0.2, 0.25) is 0 Å². The van der Waals surface area contributed by atoms with Gasteiger partial charge in [0.1, 0.15) is 5.75 Å². The average Bonchev–Trinajstić information content (AvgIpc) is 3.11. The van der Waals surface area contributed by atoms with E-state index in [1.165, 1.54) is 24.6 Å². The monoisotopic (exact) mass is 656 g/mol. The predicted octanol–water partition coefficient (Wildman–Crippen LogP) is 6.03. The Balaban J connectivity index is 0.000000756. The summed E-state index contributed by atoms with van der Waals surface area (Å²) >= 11 is 1.49. The zero-order chi connectivity index (χ0) is 34.0. The van der Waals surface area contributed by atoms with E-state index in [2.05, 4.69) is 35.0 Å². The normalized spacial score (nSPS) is 10.2. The molecule has 10 heteroatoms. The Morgan fingerprint density at radius 1 is 0.723 bits per heavy atom. The van der Waals surface area contributed by atoms with Crippen LogP contribution in [-0.4, -0.2) is 58.4 Å². The van der Waals surface area contributed by atoms with E-state index >= 15 is 0 Å². The Labute approximate surface area is 282 Å². The van der Waals surface area contributed by atoms with E-state index in [1.807, 2.05) is 72.2 Å². The molecule has 47 heavy (non-hydrogen) atoms. The number of methoxy groups -OCH3 is 2. The summed E-state index contributed by atoms with van der Waals surface area (Å²) in [5, 5.41) is 9.18. The Bertz CT molecular complexity index is 1580. The molecule has 0 bridgehead atoms. The van der Waals surface area contributed by atoms with E-state index < -0.39 is 5.97 Å². The minimum Gasteiger partial charge on any atom is -0.497 e. The fourth-order valence-electron chi connectivity index (χ4n) is 4.44. The zero-order valence-corrected chi connectivity index (χ0v) is 28.5. The lowest BCUT2D eigenvalue weighted by Gasteiger charge is -2.18. The first-order chi connectivity index (χ1) is 22.7. The van der Waals surface area contributed by atoms with Gasteiger partial charge in [0.25, 0.3) is 11.8 Å². The van der Waals surface area contributed by atoms with Gasteiger partial charge in [-0.15, -0.1) is 0 Å². The predicted molar refractivity (Wildman–Crippen MR) is 190 cm³/mol. The molecule has 0 spiro atoms. The first kappa shape index (κ1) is 36.7. The number of anilines is 1. The van der Waals surface area contributed by atoms with Gasteiger partial charge < -0.3 is 29.7 Å². The molecule has 0 aliphatic heterocycles. The number of nitrogens with one attached hydrogen (secondary N) is 3. The molecule has 3 N–H and O–H groups in total. The maximum absolute atomic E-state index is 13.0. The lowest BCUT2D eigenvalue weighted by Crippen LogP contribution is -2.28. The van der Waals surface area contributed by atoms with Gasteiger partial charge in [-0.1, -0.05) is 78.2 Å². The van der Waals surface area contributed by atoms with E-state index in [-0.39, 0.29) is 11.8 Å². The number of hydrogen-bond acceptors (Lipinski definition) is 8. The second kappa shape index (κ2) is 19.7. The van der Waals surface area contributed by atoms with Crippen molar-refractivity contribution in [3.8, 4) is 5.75 Å². The van der Waals surface area contributed by atoms with Crippen LogP contribution in [0.1, 0.15) is 54.2 Å². The molecule has 0 saturated heterocycles. The van der Waals surface area contributed by atoms with Gasteiger partial charge in [0.15, 0.2) is 0 Å². The van der Waals surface area contributed by atoms with Gasteiger partial charge >= 0.3 is 5.97 Å². The Morgan fingerprint density at radius 2 is 1.36 bits per heavy atom. The highest BCUT2D eigenvalue weighted by Gasteiger charge is 2.15. The maximum atomic E-state index is 13.0. The van der Waals surface area contributed by atoms with Crippen molar-refractivity contribution in [2.24, 2.45) is 0 Å². The van der Waals surface area contributed by atoms with E-state index in [4.69, 9.17) is 9.47 Å². The Hall–Kier alpha value is -4.80. The molecule has 4 rings (SSSR count). The molecular formula is C37H44N4O5S. The maximum Gasteiger partial charge on any atom is 0.337 e. The van der Waals surface area contributed by atoms with Crippen molar-refractivity contribution < 1.29 is 23.9 Å². The van der Waals surface area contributed by atoms with Crippen LogP contribution in [-0.2, 0) is 17.8 Å². The van der Waals surface area contributed by atoms with Crippen molar-refractivity contribution >= 4 is 35.4 Å². The molecule has 0 aliphatic carbocycles. The molecule has 0 saturated carbocycles. The van der Waals surface area contributed by atoms with E-state index in [0.717, 1.165) is 16.8 Å². The van der Waals surface area contributed by atoms with E-state index in [9.17, 15) is 14.4 Å². The van der Waals surface area contributed by atoms with Gasteiger partial charge in [0.2, 0.25) is 0 Å². The minimum absolute atomic E-state index is 0.244. The Morgan fingerprint density at radius 3 is 1.94 bits per heavy atom. The number of aryl methyl sites for hydroxylation is 1. The molecule has 0 aliphatic rings. The molecule has 0 unspecified atom stereocenters. The summed E-state index contributed by atoms with van der Waals surface area (Å²) in [5.74, 6) is -0.336. The molecule has 0 fully saturated rings. The number of nitrogens with zero attached hydrogens (tertiary/aromatic N) is 1. The lowest BCUT2D eigenvalue weighted by atomic mass is 10.1. The number of carbonyl (C=O) groups is 3. The molecular weight excluding hydrogens is 612 g/mol. The minimum atomic E-state index is -0.424. The van der Waals surface area contributed by atoms with Crippen molar-refractivity contribution in [2.45, 2.75) is 26.4 Å². The Kier molecular flexibility index (Phi) is 15.3. The largest absolute Gasteiger partial charge is 0.497 e. The summed E-state index contributed by atoms with van der Waals surface area (Å²) in [6.07, 6.45) is 2.62. The summed E-state index contributed by atoms with van der Waals surface area (Å²) < 4.78 is 12.0. The summed E-state index contributed by atoms with van der Waals surface area (Å²) in [6.45, 7) is 4.11. The van der Waals surface area contributed by atoms with Gasteiger partial charge in [0, 0.05) is 49.8 Å². The fraction of sp³-hybridized carbons (Fsp3) is 0.270. The van der Waals surface area contributed by atoms with Crippen LogP contribution < -0.4 is 25.0 Å². The first-order valence-corrected chi connectivity index (χ1v) is 16.4. The highest BCUT2D eigenvalue weighted by atomic mass is 32.2. The van der Waals surface area contributed by atoms with E-state index in [1.54, 1.807) is 37.4 Å². The average molecular weight is 657 g/mol. The number of amides is 2. The highest BCUT2D eigenvalue weighted by Crippen LogP contribution is 2.23. The van der Waals surface area contributed by atoms with Crippen molar-refractivity contribution in [1.29, 1.82) is 0 Å². The number of hydrogen-bond donors (Lipinski definition) is 3. The fourth-order valence-corrected chi connectivity index (χ4v) is 4.76. The van der Waals surface area contributed by atoms with Crippen LogP contribution in [0.4, 0.5) is 5.69 Å². The molecule has 0 aromatic heterocycles. The quantitative estimate of drug-likeness (QED) is 0.0858. The smallest absolute Gasteiger partial charge is 0.337 e. The standard InChI is InChI=1S/C30H36N4O5S.C7H8/c1-34(40-4)26-16-23(15-24(17-26)29(36)33-20-21-9-6-5-7-10-21)28(35)32-12-8-11-31-19-22-13-25(30(37)39-3)18-27(14-22)38-2;1-7-5-3-2-4-6-7/h5-7,9-10,13-18,31H,8,11-12,19-20H2,1-4H3,(H,32,35)(H,33,36);2-6H,1H3. The molecule has 4 aromatic rings. The lowest BCUT2D eigenvalue weighted by molar-refractivity contribution is 0.0599. The molecule has 0 radical (unpaired) electrons. The van der Waals surface area contributed by atoms with Crippen LogP contribution >= 0.6 is 11.9 Å². The van der Waals surface area contributed by atoms with Crippen molar-refractivity contribution in [3.63, 3.8) is 0 Å². The topological polar surface area (TPSA) is 109 Å². The molecule has 0 atom stereocenters. The third-order valence-electron chi connectivity index (χ3n) is 7.08. The summed E-state index contributed by atoms with van der Waals surface area (Å²) in [5.41, 5.74) is 5.23. The highest BCUT2D eigenvalue weighted by molar-refractivity contribution is 7.99. The van der Waals surface area contributed by atoms with Gasteiger partial charge in [-0.3, -0.25) is 9.59 Å².